The SMILES string of the molecule is Cc1ccc(Nc2ncc3ccn(-c4ccc(CC(C(=O)C(Cc5ccc(-n6ccc7cnc(Nc8ccc(C)cc8)nc76)cc5)N5CCN(C)CC5)N5CCN(C)CC5)cc4)c3n2)cc1. The number of aromatic nitrogens is 6. The van der Waals surface area contributed by atoms with Gasteiger partial charge in [0.1, 0.15) is 11.3 Å². The maximum atomic E-state index is 15.4. The average Bonchev–Trinajstić information content (AvgIpc) is 3.97. The lowest BCUT2D eigenvalue weighted by molar-refractivity contribution is -0.131. The van der Waals surface area contributed by atoms with Crippen LogP contribution in [0.5, 0.6) is 0 Å². The van der Waals surface area contributed by atoms with Crippen molar-refractivity contribution in [2.24, 2.45) is 0 Å². The Balaban J connectivity index is 0.894. The molecule has 0 aliphatic carbocycles. The number of carbonyl (C=O) groups is 1. The van der Waals surface area contributed by atoms with E-state index in [-0.39, 0.29) is 12.1 Å². The van der Waals surface area contributed by atoms with Gasteiger partial charge < -0.3 is 29.6 Å². The second-order valence-electron chi connectivity index (χ2n) is 18.2. The third kappa shape index (κ3) is 9.61. The number of hydrogen-bond donors (Lipinski definition) is 2. The van der Waals surface area contributed by atoms with Gasteiger partial charge in [0, 0.05) is 111 Å². The zero-order valence-corrected chi connectivity index (χ0v) is 38.3. The molecule has 2 aliphatic heterocycles. The highest BCUT2D eigenvalue weighted by Gasteiger charge is 2.37. The Morgan fingerprint density at radius 2 is 0.894 bits per heavy atom. The lowest BCUT2D eigenvalue weighted by atomic mass is 9.91. The van der Waals surface area contributed by atoms with Crippen LogP contribution in [0.4, 0.5) is 23.3 Å². The van der Waals surface area contributed by atoms with Crippen LogP contribution in [0.25, 0.3) is 33.4 Å². The van der Waals surface area contributed by atoms with Gasteiger partial charge in [0.05, 0.1) is 12.1 Å². The number of nitrogens with zero attached hydrogens (tertiary/aromatic N) is 10. The number of benzene rings is 4. The Hall–Kier alpha value is -6.77. The van der Waals surface area contributed by atoms with Gasteiger partial charge in [-0.2, -0.15) is 9.97 Å². The fraction of sp³-hybridized carbons (Fsp3) is 0.302. The van der Waals surface area contributed by atoms with Crippen LogP contribution in [-0.2, 0) is 17.6 Å². The number of Topliss-reactive ketones (excluding diaryl/α,β-unsaturated/α-hetero) is 1. The Morgan fingerprint density at radius 3 is 1.27 bits per heavy atom. The van der Waals surface area contributed by atoms with E-state index >= 15 is 4.79 Å². The smallest absolute Gasteiger partial charge is 0.229 e. The molecular formula is C53H58N12O. The van der Waals surface area contributed by atoms with Crippen molar-refractivity contribution in [2.45, 2.75) is 38.8 Å². The van der Waals surface area contributed by atoms with Gasteiger partial charge in [0.15, 0.2) is 5.78 Å². The highest BCUT2D eigenvalue weighted by atomic mass is 16.1. The summed E-state index contributed by atoms with van der Waals surface area (Å²) in [6.45, 7) is 11.4. The van der Waals surface area contributed by atoms with Crippen molar-refractivity contribution in [2.75, 3.05) is 77.1 Å². The summed E-state index contributed by atoms with van der Waals surface area (Å²) in [5, 5.41) is 8.63. The molecule has 66 heavy (non-hydrogen) atoms. The van der Waals surface area contributed by atoms with Gasteiger partial charge >= 0.3 is 0 Å². The topological polar surface area (TPSA) is 116 Å². The van der Waals surface area contributed by atoms with Crippen molar-refractivity contribution in [3.8, 4) is 11.4 Å². The third-order valence-electron chi connectivity index (χ3n) is 13.4. The maximum absolute atomic E-state index is 15.4. The van der Waals surface area contributed by atoms with Crippen LogP contribution in [0.15, 0.2) is 134 Å². The largest absolute Gasteiger partial charge is 0.324 e. The predicted molar refractivity (Wildman–Crippen MR) is 265 cm³/mol. The number of aryl methyl sites for hydroxylation is 2. The van der Waals surface area contributed by atoms with E-state index in [0.717, 1.165) is 108 Å². The normalized spacial score (nSPS) is 16.4. The van der Waals surface area contributed by atoms with E-state index in [4.69, 9.17) is 9.97 Å². The summed E-state index contributed by atoms with van der Waals surface area (Å²) in [4.78, 5) is 44.0. The van der Waals surface area contributed by atoms with E-state index in [2.05, 4.69) is 150 Å². The Kier molecular flexibility index (Phi) is 12.4. The second kappa shape index (κ2) is 19.0. The molecule has 2 saturated heterocycles. The minimum Gasteiger partial charge on any atom is -0.324 e. The first-order chi connectivity index (χ1) is 32.2. The van der Waals surface area contributed by atoms with Gasteiger partial charge in [-0.05, 0) is 113 Å². The molecule has 0 radical (unpaired) electrons. The fourth-order valence-corrected chi connectivity index (χ4v) is 9.25. The highest BCUT2D eigenvalue weighted by Crippen LogP contribution is 2.26. The summed E-state index contributed by atoms with van der Waals surface area (Å²) in [7, 11) is 4.34. The van der Waals surface area contributed by atoms with Crippen molar-refractivity contribution in [1.82, 2.24) is 48.7 Å². The molecule has 4 aromatic carbocycles. The Bertz CT molecular complexity index is 2710. The average molecular weight is 879 g/mol. The predicted octanol–water partition coefficient (Wildman–Crippen LogP) is 7.84. The minimum absolute atomic E-state index is 0.252. The van der Waals surface area contributed by atoms with Gasteiger partial charge in [-0.15, -0.1) is 0 Å². The quantitative estimate of drug-likeness (QED) is 0.111. The van der Waals surface area contributed by atoms with Crippen molar-refractivity contribution in [3.05, 3.63) is 156 Å². The molecule has 13 heteroatoms. The van der Waals surface area contributed by atoms with Gasteiger partial charge in [-0.25, -0.2) is 9.97 Å². The fourth-order valence-electron chi connectivity index (χ4n) is 9.25. The van der Waals surface area contributed by atoms with Crippen LogP contribution in [0, 0.1) is 13.8 Å². The van der Waals surface area contributed by atoms with Gasteiger partial charge in [0.2, 0.25) is 11.9 Å². The number of hydrogen-bond acceptors (Lipinski definition) is 11. The van der Waals surface area contributed by atoms with E-state index in [1.54, 1.807) is 0 Å². The summed E-state index contributed by atoms with van der Waals surface area (Å²) in [6.07, 6.45) is 9.11. The molecular weight excluding hydrogens is 821 g/mol. The number of fused-ring (bicyclic) bond motifs is 2. The monoisotopic (exact) mass is 878 g/mol. The molecule has 2 aliphatic rings. The summed E-state index contributed by atoms with van der Waals surface area (Å²) in [6, 6.07) is 37.4. The van der Waals surface area contributed by atoms with E-state index in [0.29, 0.717) is 30.5 Å². The van der Waals surface area contributed by atoms with Crippen LogP contribution in [0.2, 0.25) is 0 Å². The van der Waals surface area contributed by atoms with Gasteiger partial charge in [-0.3, -0.25) is 14.6 Å². The van der Waals surface area contributed by atoms with Crippen molar-refractivity contribution < 1.29 is 4.79 Å². The highest BCUT2D eigenvalue weighted by molar-refractivity contribution is 5.90. The summed E-state index contributed by atoms with van der Waals surface area (Å²) in [5.41, 5.74) is 10.3. The first kappa shape index (κ1) is 43.1. The van der Waals surface area contributed by atoms with Crippen LogP contribution in [0.1, 0.15) is 22.3 Å². The standard InChI is InChI=1S/C53H58N12O/c1-37-5-13-43(14-6-37)56-52-54-35-41-21-23-64(50(41)58-52)45-17-9-39(10-18-45)33-47(62-29-25-60(3)26-30-62)49(66)48(63-31-27-61(4)28-32-63)34-40-11-19-46(20-12-40)65-24-22-42-36-55-53(59-51(42)65)57-44-15-7-38(2)8-16-44/h5-24,35-36,47-48H,25-34H2,1-4H3,(H,54,56,58)(H,55,57,59). The van der Waals surface area contributed by atoms with Crippen LogP contribution in [0.3, 0.4) is 0 Å². The number of ketones is 1. The van der Waals surface area contributed by atoms with Crippen molar-refractivity contribution in [3.63, 3.8) is 0 Å². The van der Waals surface area contributed by atoms with E-state index in [1.807, 2.05) is 61.2 Å². The molecule has 0 spiro atoms. The summed E-state index contributed by atoms with van der Waals surface area (Å²) >= 11 is 0. The number of carbonyl (C=O) groups excluding carboxylic acids is 1. The molecule has 336 valence electrons. The molecule has 2 fully saturated rings. The number of piperazine rings is 2. The maximum Gasteiger partial charge on any atom is 0.229 e. The number of anilines is 4. The molecule has 0 bridgehead atoms. The number of rotatable bonds is 14. The lowest BCUT2D eigenvalue weighted by Crippen LogP contribution is -2.59. The van der Waals surface area contributed by atoms with Crippen LogP contribution >= 0.6 is 0 Å². The van der Waals surface area contributed by atoms with E-state index < -0.39 is 0 Å². The summed E-state index contributed by atoms with van der Waals surface area (Å²) < 4.78 is 4.21. The van der Waals surface area contributed by atoms with Crippen LogP contribution in [-0.4, -0.2) is 133 Å². The second-order valence-corrected chi connectivity index (χ2v) is 18.2. The third-order valence-corrected chi connectivity index (χ3v) is 13.4. The molecule has 2 unspecified atom stereocenters. The molecule has 4 aromatic heterocycles. The molecule has 10 rings (SSSR count). The zero-order valence-electron chi connectivity index (χ0n) is 38.3. The molecule has 0 saturated carbocycles. The minimum atomic E-state index is -0.252. The first-order valence-corrected chi connectivity index (χ1v) is 23.1. The van der Waals surface area contributed by atoms with Gasteiger partial charge in [-0.1, -0.05) is 59.7 Å². The lowest BCUT2D eigenvalue weighted by Gasteiger charge is -2.42. The first-order valence-electron chi connectivity index (χ1n) is 23.1. The zero-order chi connectivity index (χ0) is 45.1. The van der Waals surface area contributed by atoms with Crippen LogP contribution < -0.4 is 10.6 Å². The van der Waals surface area contributed by atoms with E-state index in [9.17, 15) is 0 Å². The molecule has 8 aromatic rings. The molecule has 0 amide bonds. The Labute approximate surface area is 386 Å². The molecule has 2 N–H and O–H groups in total. The Morgan fingerprint density at radius 1 is 0.515 bits per heavy atom. The van der Waals surface area contributed by atoms with Gasteiger partial charge in [0.25, 0.3) is 0 Å². The molecule has 6 heterocycles. The van der Waals surface area contributed by atoms with Crippen molar-refractivity contribution >= 4 is 51.1 Å². The summed E-state index contributed by atoms with van der Waals surface area (Å²) in [5.74, 6) is 1.40. The number of likely N-dealkylation sites (N-methyl/N-ethyl adjacent to an activating group) is 2. The van der Waals surface area contributed by atoms with E-state index in [1.165, 1.54) is 11.1 Å². The number of nitrogens with one attached hydrogen (secondary N) is 2. The molecule has 2 atom stereocenters. The van der Waals surface area contributed by atoms with Crippen molar-refractivity contribution in [1.29, 1.82) is 0 Å². The molecule has 13 nitrogen and oxygen atoms in total.